The molecule has 0 spiro atoms. The zero-order chi connectivity index (χ0) is 14.0. The van der Waals surface area contributed by atoms with Crippen LogP contribution in [0.4, 0.5) is 10.1 Å². The van der Waals surface area contributed by atoms with Crippen LogP contribution in [0.1, 0.15) is 33.2 Å². The van der Waals surface area contributed by atoms with Gasteiger partial charge in [-0.25, -0.2) is 14.2 Å². The highest BCUT2D eigenvalue weighted by molar-refractivity contribution is 7.11. The minimum atomic E-state index is -1.29. The summed E-state index contributed by atoms with van der Waals surface area (Å²) in [6, 6.07) is 3.97. The summed E-state index contributed by atoms with van der Waals surface area (Å²) in [7, 11) is 0. The molecule has 0 fully saturated rings. The molecule has 1 aromatic carbocycles. The number of rotatable bonds is 4. The molecule has 0 amide bonds. The average molecular weight is 280 g/mol. The van der Waals surface area contributed by atoms with E-state index in [0.717, 1.165) is 16.0 Å². The minimum Gasteiger partial charge on any atom is -0.478 e. The van der Waals surface area contributed by atoms with Crippen LogP contribution in [0.15, 0.2) is 24.4 Å². The van der Waals surface area contributed by atoms with E-state index >= 15 is 0 Å². The first kappa shape index (κ1) is 13.5. The van der Waals surface area contributed by atoms with Crippen molar-refractivity contribution in [1.82, 2.24) is 4.98 Å². The van der Waals surface area contributed by atoms with Crippen molar-refractivity contribution in [3.8, 4) is 0 Å². The monoisotopic (exact) mass is 280 g/mol. The fourth-order valence-electron chi connectivity index (χ4n) is 1.73. The Labute approximate surface area is 113 Å². The number of aryl methyl sites for hydroxylation is 1. The smallest absolute Gasteiger partial charge is 0.340 e. The first-order valence-corrected chi connectivity index (χ1v) is 6.51. The van der Waals surface area contributed by atoms with E-state index in [-0.39, 0.29) is 17.3 Å². The molecule has 1 heterocycles. The van der Waals surface area contributed by atoms with Crippen LogP contribution in [0.2, 0.25) is 0 Å². The van der Waals surface area contributed by atoms with Crippen LogP contribution in [0.3, 0.4) is 0 Å². The molecule has 0 aliphatic rings. The summed E-state index contributed by atoms with van der Waals surface area (Å²) in [5, 5.41) is 12.9. The predicted octanol–water partition coefficient (Wildman–Crippen LogP) is 3.46. The van der Waals surface area contributed by atoms with E-state index in [1.807, 2.05) is 13.8 Å². The van der Waals surface area contributed by atoms with Crippen molar-refractivity contribution in [3.05, 3.63) is 45.7 Å². The fourth-order valence-corrected chi connectivity index (χ4v) is 2.51. The number of aromatic carboxylic acids is 1. The van der Waals surface area contributed by atoms with E-state index in [1.54, 1.807) is 12.3 Å². The summed E-state index contributed by atoms with van der Waals surface area (Å²) in [5.41, 5.74) is -0.0875. The number of carbonyl (C=O) groups is 1. The SMILES string of the molecule is Cc1cnc(C(C)Nc2cccc(F)c2C(=O)O)s1. The van der Waals surface area contributed by atoms with Gasteiger partial charge >= 0.3 is 5.97 Å². The first-order chi connectivity index (χ1) is 8.99. The van der Waals surface area contributed by atoms with Crippen molar-refractivity contribution in [3.63, 3.8) is 0 Å². The molecule has 0 saturated heterocycles. The summed E-state index contributed by atoms with van der Waals surface area (Å²) < 4.78 is 13.5. The van der Waals surface area contributed by atoms with Gasteiger partial charge in [0.1, 0.15) is 16.4 Å². The Bertz CT molecular complexity index is 612. The zero-order valence-electron chi connectivity index (χ0n) is 10.5. The summed E-state index contributed by atoms with van der Waals surface area (Å²) in [4.78, 5) is 16.4. The molecular weight excluding hydrogens is 267 g/mol. The maximum atomic E-state index is 13.5. The number of benzene rings is 1. The number of aromatic nitrogens is 1. The topological polar surface area (TPSA) is 62.2 Å². The third kappa shape index (κ3) is 2.90. The molecule has 0 aliphatic heterocycles. The average Bonchev–Trinajstić information content (AvgIpc) is 2.75. The molecule has 0 bridgehead atoms. The number of carboxylic acids is 1. The maximum absolute atomic E-state index is 13.5. The number of hydrogen-bond donors (Lipinski definition) is 2. The normalized spacial score (nSPS) is 12.2. The molecular formula is C13H13FN2O2S. The van der Waals surface area contributed by atoms with Gasteiger partial charge in [0.25, 0.3) is 0 Å². The van der Waals surface area contributed by atoms with Gasteiger partial charge in [-0.2, -0.15) is 0 Å². The highest BCUT2D eigenvalue weighted by atomic mass is 32.1. The molecule has 2 aromatic rings. The molecule has 2 rings (SSSR count). The Kier molecular flexibility index (Phi) is 3.80. The van der Waals surface area contributed by atoms with Crippen molar-refractivity contribution >= 4 is 23.0 Å². The lowest BCUT2D eigenvalue weighted by Gasteiger charge is -2.15. The van der Waals surface area contributed by atoms with Crippen molar-refractivity contribution < 1.29 is 14.3 Å². The summed E-state index contributed by atoms with van der Waals surface area (Å²) in [6.45, 7) is 3.80. The van der Waals surface area contributed by atoms with Crippen LogP contribution in [-0.4, -0.2) is 16.1 Å². The van der Waals surface area contributed by atoms with Crippen LogP contribution in [0.25, 0.3) is 0 Å². The lowest BCUT2D eigenvalue weighted by Crippen LogP contribution is -2.12. The number of anilines is 1. The Morgan fingerprint density at radius 2 is 2.26 bits per heavy atom. The van der Waals surface area contributed by atoms with Gasteiger partial charge in [-0.3, -0.25) is 0 Å². The van der Waals surface area contributed by atoms with Crippen LogP contribution < -0.4 is 5.32 Å². The molecule has 0 saturated carbocycles. The third-order valence-corrected chi connectivity index (χ3v) is 3.70. The van der Waals surface area contributed by atoms with Gasteiger partial charge in [-0.1, -0.05) is 6.07 Å². The van der Waals surface area contributed by atoms with Gasteiger partial charge in [0.15, 0.2) is 0 Å². The van der Waals surface area contributed by atoms with Crippen molar-refractivity contribution in [2.24, 2.45) is 0 Å². The number of thiazole rings is 1. The number of hydrogen-bond acceptors (Lipinski definition) is 4. The minimum absolute atomic E-state index is 0.182. The van der Waals surface area contributed by atoms with E-state index in [1.165, 1.54) is 17.4 Å². The second-order valence-corrected chi connectivity index (χ2v) is 5.41. The Morgan fingerprint density at radius 3 is 2.84 bits per heavy atom. The van der Waals surface area contributed by atoms with Crippen LogP contribution in [0.5, 0.6) is 0 Å². The van der Waals surface area contributed by atoms with Gasteiger partial charge in [0.2, 0.25) is 0 Å². The maximum Gasteiger partial charge on any atom is 0.340 e. The Morgan fingerprint density at radius 1 is 1.53 bits per heavy atom. The van der Waals surface area contributed by atoms with Crippen molar-refractivity contribution in [2.75, 3.05) is 5.32 Å². The number of halogens is 1. The summed E-state index contributed by atoms with van der Waals surface area (Å²) >= 11 is 1.52. The lowest BCUT2D eigenvalue weighted by molar-refractivity contribution is 0.0693. The van der Waals surface area contributed by atoms with E-state index < -0.39 is 11.8 Å². The summed E-state index contributed by atoms with van der Waals surface area (Å²) in [6.07, 6.45) is 1.75. The number of carboxylic acid groups (broad SMARTS) is 1. The highest BCUT2D eigenvalue weighted by Gasteiger charge is 2.18. The van der Waals surface area contributed by atoms with E-state index in [9.17, 15) is 9.18 Å². The van der Waals surface area contributed by atoms with Crippen molar-refractivity contribution in [2.45, 2.75) is 19.9 Å². The molecule has 4 nitrogen and oxygen atoms in total. The molecule has 1 aromatic heterocycles. The molecule has 6 heteroatoms. The third-order valence-electron chi connectivity index (χ3n) is 2.61. The Hall–Kier alpha value is -1.95. The Balaban J connectivity index is 2.28. The molecule has 0 aliphatic carbocycles. The quantitative estimate of drug-likeness (QED) is 0.900. The predicted molar refractivity (Wildman–Crippen MR) is 72.2 cm³/mol. The van der Waals surface area contributed by atoms with Gasteiger partial charge in [-0.15, -0.1) is 11.3 Å². The van der Waals surface area contributed by atoms with E-state index in [0.29, 0.717) is 0 Å². The lowest BCUT2D eigenvalue weighted by atomic mass is 10.1. The second kappa shape index (κ2) is 5.36. The molecule has 0 radical (unpaired) electrons. The van der Waals surface area contributed by atoms with Gasteiger partial charge in [0, 0.05) is 11.1 Å². The largest absolute Gasteiger partial charge is 0.478 e. The van der Waals surface area contributed by atoms with E-state index in [4.69, 9.17) is 5.11 Å². The second-order valence-electron chi connectivity index (χ2n) is 4.14. The standard InChI is InChI=1S/C13H13FN2O2S/c1-7-6-15-12(19-7)8(2)16-10-5-3-4-9(14)11(10)13(17)18/h3-6,8,16H,1-2H3,(H,17,18). The van der Waals surface area contributed by atoms with Crippen molar-refractivity contribution in [1.29, 1.82) is 0 Å². The molecule has 1 unspecified atom stereocenters. The van der Waals surface area contributed by atoms with Gasteiger partial charge < -0.3 is 10.4 Å². The molecule has 2 N–H and O–H groups in total. The van der Waals surface area contributed by atoms with Crippen LogP contribution in [0, 0.1) is 12.7 Å². The van der Waals surface area contributed by atoms with Crippen LogP contribution in [-0.2, 0) is 0 Å². The van der Waals surface area contributed by atoms with Gasteiger partial charge in [0.05, 0.1) is 11.7 Å². The highest BCUT2D eigenvalue weighted by Crippen LogP contribution is 2.26. The van der Waals surface area contributed by atoms with Crippen LogP contribution >= 0.6 is 11.3 Å². The fraction of sp³-hybridized carbons (Fsp3) is 0.231. The van der Waals surface area contributed by atoms with E-state index in [2.05, 4.69) is 10.3 Å². The first-order valence-electron chi connectivity index (χ1n) is 5.69. The molecule has 1 atom stereocenters. The zero-order valence-corrected chi connectivity index (χ0v) is 11.3. The molecule has 100 valence electrons. The number of nitrogens with one attached hydrogen (secondary N) is 1. The summed E-state index contributed by atoms with van der Waals surface area (Å²) in [5.74, 6) is -2.04. The number of nitrogens with zero attached hydrogens (tertiary/aromatic N) is 1. The van der Waals surface area contributed by atoms with Gasteiger partial charge in [-0.05, 0) is 26.0 Å². The molecule has 19 heavy (non-hydrogen) atoms.